The maximum absolute atomic E-state index is 12.1. The van der Waals surface area contributed by atoms with E-state index in [2.05, 4.69) is 19.6 Å². The number of hydrogen-bond donors (Lipinski definition) is 2. The van der Waals surface area contributed by atoms with Crippen molar-refractivity contribution in [1.29, 1.82) is 0 Å². The Morgan fingerprint density at radius 1 is 1.23 bits per heavy atom. The average molecular weight is 395 g/mol. The van der Waals surface area contributed by atoms with Crippen LogP contribution in [0.5, 0.6) is 0 Å². The molecule has 2 heterocycles. The van der Waals surface area contributed by atoms with Crippen molar-refractivity contribution in [3.05, 3.63) is 41.9 Å². The molecule has 0 atom stereocenters. The van der Waals surface area contributed by atoms with Gasteiger partial charge in [-0.25, -0.2) is 18.1 Å². The SMILES string of the molecule is NC(=NCCNS(=O)(=O)c1ccccc1)N1CCN(c2nccs2)CC1. The lowest BCUT2D eigenvalue weighted by Crippen LogP contribution is -2.51. The number of thiazole rings is 1. The van der Waals surface area contributed by atoms with Crippen LogP contribution in [0.25, 0.3) is 0 Å². The van der Waals surface area contributed by atoms with E-state index in [1.807, 2.05) is 10.3 Å². The molecule has 1 saturated heterocycles. The Balaban J connectivity index is 1.44. The highest BCUT2D eigenvalue weighted by molar-refractivity contribution is 7.89. The molecule has 10 heteroatoms. The Hall–Kier alpha value is -2.17. The minimum absolute atomic E-state index is 0.205. The van der Waals surface area contributed by atoms with Crippen molar-refractivity contribution in [2.75, 3.05) is 44.2 Å². The van der Waals surface area contributed by atoms with Crippen molar-refractivity contribution in [2.24, 2.45) is 10.7 Å². The summed E-state index contributed by atoms with van der Waals surface area (Å²) in [7, 11) is -3.50. The summed E-state index contributed by atoms with van der Waals surface area (Å²) in [6.45, 7) is 3.71. The highest BCUT2D eigenvalue weighted by Gasteiger charge is 2.19. The summed E-state index contributed by atoms with van der Waals surface area (Å²) >= 11 is 1.63. The van der Waals surface area contributed by atoms with Crippen molar-refractivity contribution in [2.45, 2.75) is 4.90 Å². The van der Waals surface area contributed by atoms with Gasteiger partial charge in [-0.2, -0.15) is 0 Å². The Bertz CT molecular complexity index is 816. The molecule has 8 nitrogen and oxygen atoms in total. The van der Waals surface area contributed by atoms with Crippen molar-refractivity contribution in [1.82, 2.24) is 14.6 Å². The monoisotopic (exact) mass is 394 g/mol. The number of aromatic nitrogens is 1. The lowest BCUT2D eigenvalue weighted by Gasteiger charge is -2.35. The van der Waals surface area contributed by atoms with E-state index in [9.17, 15) is 8.42 Å². The van der Waals surface area contributed by atoms with Gasteiger partial charge < -0.3 is 15.5 Å². The normalized spacial score (nSPS) is 16.1. The van der Waals surface area contributed by atoms with Crippen LogP contribution in [0.2, 0.25) is 0 Å². The topological polar surface area (TPSA) is 104 Å². The summed E-state index contributed by atoms with van der Waals surface area (Å²) in [6.07, 6.45) is 1.80. The van der Waals surface area contributed by atoms with Crippen molar-refractivity contribution in [3.8, 4) is 0 Å². The summed E-state index contributed by atoms with van der Waals surface area (Å²) < 4.78 is 26.8. The highest BCUT2D eigenvalue weighted by Crippen LogP contribution is 2.18. The standard InChI is InChI=1S/C16H22N6O2S2/c17-15(21-9-11-22(12-10-21)16-19-8-13-25-16)18-6-7-20-26(23,24)14-4-2-1-3-5-14/h1-5,8,13,20H,6-7,9-12H2,(H2,17,18). The first kappa shape index (κ1) is 18.6. The molecular weight excluding hydrogens is 372 g/mol. The van der Waals surface area contributed by atoms with E-state index in [0.29, 0.717) is 12.5 Å². The van der Waals surface area contributed by atoms with Crippen molar-refractivity contribution < 1.29 is 8.42 Å². The first-order valence-corrected chi connectivity index (χ1v) is 10.7. The summed E-state index contributed by atoms with van der Waals surface area (Å²) in [6, 6.07) is 8.27. The van der Waals surface area contributed by atoms with Crippen LogP contribution in [0.15, 0.2) is 51.8 Å². The molecule has 3 N–H and O–H groups in total. The van der Waals surface area contributed by atoms with Gasteiger partial charge in [0.05, 0.1) is 11.4 Å². The van der Waals surface area contributed by atoms with Gasteiger partial charge in [0.1, 0.15) is 0 Å². The largest absolute Gasteiger partial charge is 0.370 e. The minimum atomic E-state index is -3.50. The molecule has 26 heavy (non-hydrogen) atoms. The predicted octanol–water partition coefficient (Wildman–Crippen LogP) is 0.558. The Morgan fingerprint density at radius 3 is 2.62 bits per heavy atom. The van der Waals surface area contributed by atoms with Crippen LogP contribution in [-0.4, -0.2) is 63.5 Å². The van der Waals surface area contributed by atoms with Crippen LogP contribution < -0.4 is 15.4 Å². The molecule has 1 aromatic heterocycles. The maximum Gasteiger partial charge on any atom is 0.240 e. The number of hydrogen-bond acceptors (Lipinski definition) is 6. The van der Waals surface area contributed by atoms with Crippen LogP contribution in [0, 0.1) is 0 Å². The van der Waals surface area contributed by atoms with Crippen LogP contribution in [0.4, 0.5) is 5.13 Å². The molecule has 1 aromatic carbocycles. The van der Waals surface area contributed by atoms with E-state index in [4.69, 9.17) is 5.73 Å². The fraction of sp³-hybridized carbons (Fsp3) is 0.375. The molecule has 2 aromatic rings. The third kappa shape index (κ3) is 4.71. The van der Waals surface area contributed by atoms with E-state index in [0.717, 1.165) is 31.3 Å². The smallest absolute Gasteiger partial charge is 0.240 e. The molecule has 0 bridgehead atoms. The molecule has 1 fully saturated rings. The first-order chi connectivity index (χ1) is 12.6. The fourth-order valence-electron chi connectivity index (χ4n) is 2.63. The fourth-order valence-corrected chi connectivity index (χ4v) is 4.37. The van der Waals surface area contributed by atoms with Crippen LogP contribution in [0.3, 0.4) is 0 Å². The van der Waals surface area contributed by atoms with Crippen LogP contribution >= 0.6 is 11.3 Å². The van der Waals surface area contributed by atoms with Crippen molar-refractivity contribution in [3.63, 3.8) is 0 Å². The van der Waals surface area contributed by atoms with Gasteiger partial charge in [0.2, 0.25) is 10.0 Å². The van der Waals surface area contributed by atoms with Gasteiger partial charge in [-0.15, -0.1) is 11.3 Å². The van der Waals surface area contributed by atoms with E-state index in [-0.39, 0.29) is 11.4 Å². The molecule has 0 amide bonds. The molecule has 1 aliphatic heterocycles. The number of piperazine rings is 1. The molecule has 0 unspecified atom stereocenters. The van der Waals surface area contributed by atoms with Gasteiger partial charge in [-0.05, 0) is 12.1 Å². The molecule has 3 rings (SSSR count). The third-order valence-corrected chi connectivity index (χ3v) is 6.33. The summed E-state index contributed by atoms with van der Waals surface area (Å²) in [5.41, 5.74) is 6.04. The molecule has 0 aliphatic carbocycles. The third-order valence-electron chi connectivity index (χ3n) is 4.02. The Morgan fingerprint density at radius 2 is 1.96 bits per heavy atom. The van der Waals surface area contributed by atoms with Crippen LogP contribution in [-0.2, 0) is 10.0 Å². The highest BCUT2D eigenvalue weighted by atomic mass is 32.2. The minimum Gasteiger partial charge on any atom is -0.370 e. The second-order valence-corrected chi connectivity index (χ2v) is 8.38. The van der Waals surface area contributed by atoms with E-state index in [1.54, 1.807) is 47.9 Å². The van der Waals surface area contributed by atoms with E-state index < -0.39 is 10.0 Å². The Kier molecular flexibility index (Phi) is 6.07. The van der Waals surface area contributed by atoms with E-state index >= 15 is 0 Å². The molecule has 0 spiro atoms. The lowest BCUT2D eigenvalue weighted by molar-refractivity contribution is 0.380. The number of rotatable bonds is 6. The summed E-state index contributed by atoms with van der Waals surface area (Å²) in [5, 5.41) is 2.99. The van der Waals surface area contributed by atoms with Crippen LogP contribution in [0.1, 0.15) is 0 Å². The number of benzene rings is 1. The Labute approximate surface area is 157 Å². The maximum atomic E-state index is 12.1. The number of nitrogens with zero attached hydrogens (tertiary/aromatic N) is 4. The second-order valence-electron chi connectivity index (χ2n) is 5.74. The average Bonchev–Trinajstić information content (AvgIpc) is 3.21. The number of guanidine groups is 1. The zero-order valence-electron chi connectivity index (χ0n) is 14.3. The van der Waals surface area contributed by atoms with Gasteiger partial charge in [0.25, 0.3) is 0 Å². The molecular formula is C16H22N6O2S2. The number of nitrogens with two attached hydrogens (primary N) is 1. The van der Waals surface area contributed by atoms with E-state index in [1.165, 1.54) is 0 Å². The summed E-state index contributed by atoms with van der Waals surface area (Å²) in [5.74, 6) is 0.447. The molecule has 0 saturated carbocycles. The van der Waals surface area contributed by atoms with Gasteiger partial charge in [-0.3, -0.25) is 4.99 Å². The predicted molar refractivity (Wildman–Crippen MR) is 104 cm³/mol. The zero-order chi connectivity index (χ0) is 18.4. The van der Waals surface area contributed by atoms with Gasteiger partial charge >= 0.3 is 0 Å². The number of anilines is 1. The molecule has 1 aliphatic rings. The zero-order valence-corrected chi connectivity index (χ0v) is 15.9. The molecule has 140 valence electrons. The number of sulfonamides is 1. The number of aliphatic imine (C=N–C) groups is 1. The lowest BCUT2D eigenvalue weighted by atomic mass is 10.3. The quantitative estimate of drug-likeness (QED) is 0.421. The van der Waals surface area contributed by atoms with Gasteiger partial charge in [-0.1, -0.05) is 18.2 Å². The van der Waals surface area contributed by atoms with Crippen molar-refractivity contribution >= 4 is 32.5 Å². The summed E-state index contributed by atoms with van der Waals surface area (Å²) in [4.78, 5) is 13.1. The number of nitrogens with one attached hydrogen (secondary N) is 1. The first-order valence-electron chi connectivity index (χ1n) is 8.30. The molecule has 0 radical (unpaired) electrons. The second kappa shape index (κ2) is 8.47. The van der Waals surface area contributed by atoms with Gasteiger partial charge in [0.15, 0.2) is 11.1 Å². The van der Waals surface area contributed by atoms with Gasteiger partial charge in [0, 0.05) is 44.3 Å².